The first-order valence-corrected chi connectivity index (χ1v) is 9.29. The quantitative estimate of drug-likeness (QED) is 0.745. The largest absolute Gasteiger partial charge is 0.383 e. The molecule has 1 aliphatic rings. The van der Waals surface area contributed by atoms with Gasteiger partial charge in [0.05, 0.1) is 18.8 Å². The topological polar surface area (TPSA) is 80.0 Å². The summed E-state index contributed by atoms with van der Waals surface area (Å²) in [5.41, 5.74) is 2.19. The van der Waals surface area contributed by atoms with Crippen LogP contribution in [0.15, 0.2) is 48.7 Å². The highest BCUT2D eigenvalue weighted by atomic mass is 16.3. The number of aliphatic hydroxyl groups is 1. The monoisotopic (exact) mass is 364 g/mol. The second-order valence-corrected chi connectivity index (χ2v) is 7.27. The van der Waals surface area contributed by atoms with Gasteiger partial charge in [-0.3, -0.25) is 9.88 Å². The molecule has 1 N–H and O–H groups in total. The summed E-state index contributed by atoms with van der Waals surface area (Å²) in [5, 5.41) is 23.2. The zero-order chi connectivity index (χ0) is 18.7. The molecule has 3 heterocycles. The molecule has 7 nitrogen and oxygen atoms in total. The zero-order valence-corrected chi connectivity index (χ0v) is 15.5. The number of tetrazole rings is 1. The molecule has 0 saturated carbocycles. The van der Waals surface area contributed by atoms with Crippen LogP contribution in [0.2, 0.25) is 0 Å². The number of aryl methyl sites for hydroxylation is 1. The Labute approximate surface area is 158 Å². The van der Waals surface area contributed by atoms with Crippen LogP contribution in [0.3, 0.4) is 0 Å². The molecule has 1 aliphatic heterocycles. The number of aromatic nitrogens is 5. The first-order valence-electron chi connectivity index (χ1n) is 9.29. The number of hydrogen-bond acceptors (Lipinski definition) is 6. The normalized spacial score (nSPS) is 17.1. The lowest BCUT2D eigenvalue weighted by Crippen LogP contribution is -2.43. The molecule has 0 bridgehead atoms. The van der Waals surface area contributed by atoms with Gasteiger partial charge in [-0.2, -0.15) is 0 Å². The predicted octanol–water partition coefficient (Wildman–Crippen LogP) is 1.91. The molecule has 7 heteroatoms. The third kappa shape index (κ3) is 4.04. The number of piperidine rings is 1. The van der Waals surface area contributed by atoms with Crippen LogP contribution in [-0.4, -0.2) is 48.3 Å². The first kappa shape index (κ1) is 17.8. The smallest absolute Gasteiger partial charge is 0.165 e. The molecular weight excluding hydrogens is 340 g/mol. The van der Waals surface area contributed by atoms with E-state index in [1.165, 1.54) is 5.56 Å². The maximum atomic E-state index is 11.0. The molecule has 4 rings (SSSR count). The summed E-state index contributed by atoms with van der Waals surface area (Å²) in [5.74, 6) is 0.845. The summed E-state index contributed by atoms with van der Waals surface area (Å²) in [6.07, 6.45) is 3.13. The van der Waals surface area contributed by atoms with Crippen molar-refractivity contribution in [1.29, 1.82) is 0 Å². The van der Waals surface area contributed by atoms with Crippen molar-refractivity contribution in [2.24, 2.45) is 0 Å². The summed E-state index contributed by atoms with van der Waals surface area (Å²) in [4.78, 5) is 6.72. The Balaban J connectivity index is 1.39. The number of benzene rings is 1. The van der Waals surface area contributed by atoms with Crippen molar-refractivity contribution in [2.45, 2.75) is 38.5 Å². The second-order valence-electron chi connectivity index (χ2n) is 7.27. The van der Waals surface area contributed by atoms with E-state index >= 15 is 0 Å². The van der Waals surface area contributed by atoms with Gasteiger partial charge in [-0.1, -0.05) is 36.4 Å². The van der Waals surface area contributed by atoms with Crippen LogP contribution in [0.25, 0.3) is 0 Å². The zero-order valence-electron chi connectivity index (χ0n) is 15.5. The minimum absolute atomic E-state index is 0.656. The van der Waals surface area contributed by atoms with Crippen LogP contribution >= 0.6 is 0 Å². The van der Waals surface area contributed by atoms with E-state index in [1.54, 1.807) is 0 Å². The lowest BCUT2D eigenvalue weighted by molar-refractivity contribution is -0.0318. The van der Waals surface area contributed by atoms with Gasteiger partial charge in [-0.25, -0.2) is 4.68 Å². The number of rotatable bonds is 5. The molecule has 0 aliphatic carbocycles. The summed E-state index contributed by atoms with van der Waals surface area (Å²) >= 11 is 0. The summed E-state index contributed by atoms with van der Waals surface area (Å²) in [6, 6.07) is 14.1. The van der Waals surface area contributed by atoms with Gasteiger partial charge < -0.3 is 5.11 Å². The Morgan fingerprint density at radius 2 is 1.81 bits per heavy atom. The number of hydrogen-bond donors (Lipinski definition) is 1. The van der Waals surface area contributed by atoms with Crippen LogP contribution in [0.1, 0.15) is 35.5 Å². The Morgan fingerprint density at radius 3 is 2.52 bits per heavy atom. The Morgan fingerprint density at radius 1 is 1.04 bits per heavy atom. The van der Waals surface area contributed by atoms with Crippen LogP contribution in [-0.2, 0) is 18.7 Å². The average Bonchev–Trinajstić information content (AvgIpc) is 3.12. The van der Waals surface area contributed by atoms with Gasteiger partial charge in [0.1, 0.15) is 5.60 Å². The fourth-order valence-electron chi connectivity index (χ4n) is 3.50. The average molecular weight is 364 g/mol. The van der Waals surface area contributed by atoms with E-state index in [2.05, 4.69) is 37.5 Å². The van der Waals surface area contributed by atoms with E-state index in [0.717, 1.165) is 30.2 Å². The molecule has 2 aromatic heterocycles. The van der Waals surface area contributed by atoms with Gasteiger partial charge in [0.25, 0.3) is 0 Å². The number of likely N-dealkylation sites (tertiary alicyclic amines) is 1. The van der Waals surface area contributed by atoms with Gasteiger partial charge >= 0.3 is 0 Å². The van der Waals surface area contributed by atoms with E-state index in [1.807, 2.05) is 48.1 Å². The third-order valence-corrected chi connectivity index (χ3v) is 5.22. The van der Waals surface area contributed by atoms with Crippen molar-refractivity contribution in [3.8, 4) is 0 Å². The third-order valence-electron chi connectivity index (χ3n) is 5.22. The fourth-order valence-corrected chi connectivity index (χ4v) is 3.50. The lowest BCUT2D eigenvalue weighted by atomic mass is 9.87. The lowest BCUT2D eigenvalue weighted by Gasteiger charge is -2.37. The van der Waals surface area contributed by atoms with Crippen molar-refractivity contribution >= 4 is 0 Å². The molecule has 0 spiro atoms. The summed E-state index contributed by atoms with van der Waals surface area (Å²) in [7, 11) is 0. The first-order chi connectivity index (χ1) is 13.1. The summed E-state index contributed by atoms with van der Waals surface area (Å²) < 4.78 is 1.84. The number of pyridine rings is 1. The maximum Gasteiger partial charge on any atom is 0.165 e. The molecule has 0 radical (unpaired) electrons. The molecule has 1 fully saturated rings. The van der Waals surface area contributed by atoms with Crippen LogP contribution in [0.5, 0.6) is 0 Å². The van der Waals surface area contributed by atoms with Gasteiger partial charge in [0.15, 0.2) is 5.82 Å². The highest BCUT2D eigenvalue weighted by molar-refractivity contribution is 5.19. The Bertz CT molecular complexity index is 869. The van der Waals surface area contributed by atoms with Crippen molar-refractivity contribution in [3.05, 3.63) is 71.3 Å². The molecule has 0 unspecified atom stereocenters. The molecule has 140 valence electrons. The van der Waals surface area contributed by atoms with E-state index in [9.17, 15) is 5.11 Å². The van der Waals surface area contributed by atoms with Crippen molar-refractivity contribution < 1.29 is 5.11 Å². The molecule has 1 aromatic carbocycles. The van der Waals surface area contributed by atoms with E-state index < -0.39 is 5.60 Å². The second kappa shape index (κ2) is 7.54. The highest BCUT2D eigenvalue weighted by Gasteiger charge is 2.35. The fraction of sp³-hybridized carbons (Fsp3) is 0.400. The molecule has 0 amide bonds. The Kier molecular flexibility index (Phi) is 4.96. The van der Waals surface area contributed by atoms with E-state index in [4.69, 9.17) is 0 Å². The molecule has 3 aromatic rings. The van der Waals surface area contributed by atoms with Crippen LogP contribution in [0.4, 0.5) is 0 Å². The van der Waals surface area contributed by atoms with Gasteiger partial charge in [0, 0.05) is 19.3 Å². The minimum atomic E-state index is -0.847. The maximum absolute atomic E-state index is 11.0. The molecule has 27 heavy (non-hydrogen) atoms. The van der Waals surface area contributed by atoms with Gasteiger partial charge in [-0.15, -0.1) is 5.10 Å². The highest BCUT2D eigenvalue weighted by Crippen LogP contribution is 2.31. The standard InChI is InChI=1S/C20H24N6O/c1-16-7-8-18(21-13-16)20(27)9-11-25(12-10-20)15-19-22-23-24-26(19)14-17-5-3-2-4-6-17/h2-8,13,27H,9-12,14-15H2,1H3. The van der Waals surface area contributed by atoms with Gasteiger partial charge in [-0.05, 0) is 47.4 Å². The van der Waals surface area contributed by atoms with Crippen LogP contribution < -0.4 is 0 Å². The van der Waals surface area contributed by atoms with Crippen molar-refractivity contribution in [1.82, 2.24) is 30.1 Å². The molecule has 1 saturated heterocycles. The summed E-state index contributed by atoms with van der Waals surface area (Å²) in [6.45, 7) is 4.91. The van der Waals surface area contributed by atoms with Crippen LogP contribution in [0, 0.1) is 6.92 Å². The minimum Gasteiger partial charge on any atom is -0.383 e. The SMILES string of the molecule is Cc1ccc(C2(O)CCN(Cc3nnnn3Cc3ccccc3)CC2)nc1. The predicted molar refractivity (Wildman–Crippen MR) is 101 cm³/mol. The van der Waals surface area contributed by atoms with E-state index in [0.29, 0.717) is 25.9 Å². The Hall–Kier alpha value is -2.64. The van der Waals surface area contributed by atoms with Crippen molar-refractivity contribution in [3.63, 3.8) is 0 Å². The molecule has 0 atom stereocenters. The van der Waals surface area contributed by atoms with E-state index in [-0.39, 0.29) is 0 Å². The van der Waals surface area contributed by atoms with Crippen molar-refractivity contribution in [2.75, 3.05) is 13.1 Å². The number of nitrogens with zero attached hydrogens (tertiary/aromatic N) is 6. The van der Waals surface area contributed by atoms with Gasteiger partial charge in [0.2, 0.25) is 0 Å². The molecular formula is C20H24N6O.